The second kappa shape index (κ2) is 8.78. The van der Waals surface area contributed by atoms with E-state index in [0.717, 1.165) is 9.44 Å². The molecule has 1 N–H and O–H groups in total. The van der Waals surface area contributed by atoms with Crippen molar-refractivity contribution < 1.29 is 5.11 Å². The van der Waals surface area contributed by atoms with Gasteiger partial charge < -0.3 is 0 Å². The van der Waals surface area contributed by atoms with Crippen molar-refractivity contribution >= 4 is 24.7 Å². The molecule has 17 heavy (non-hydrogen) atoms. The fraction of sp³-hybridized carbons (Fsp3) is 0.643. The van der Waals surface area contributed by atoms with Crippen LogP contribution in [-0.4, -0.2) is 31.0 Å². The van der Waals surface area contributed by atoms with Crippen LogP contribution in [0, 0.1) is 6.92 Å². The molecule has 0 radical (unpaired) electrons. The number of rotatable bonds is 8. The first-order chi connectivity index (χ1) is 8.24. The van der Waals surface area contributed by atoms with Crippen LogP contribution >= 0.6 is 0 Å². The normalized spacial score (nSPS) is 10.7. The summed E-state index contributed by atoms with van der Waals surface area (Å²) < 4.78 is 2.25. The van der Waals surface area contributed by atoms with Crippen molar-refractivity contribution in [3.8, 4) is 5.75 Å². The van der Waals surface area contributed by atoms with Crippen LogP contribution < -0.4 is 3.74 Å². The van der Waals surface area contributed by atoms with Gasteiger partial charge in [-0.2, -0.15) is 0 Å². The molecule has 0 fully saturated rings. The molecule has 0 unspecified atom stereocenters. The van der Waals surface area contributed by atoms with Crippen molar-refractivity contribution in [1.82, 2.24) is 4.98 Å². The molecule has 0 bridgehead atoms. The number of pyridine rings is 1. The molecule has 0 saturated carbocycles. The summed E-state index contributed by atoms with van der Waals surface area (Å²) in [6, 6.07) is 3.65. The fourth-order valence-corrected chi connectivity index (χ4v) is 4.44. The molecule has 0 aliphatic carbocycles. The van der Waals surface area contributed by atoms with E-state index < -0.39 is 0 Å². The Balaban J connectivity index is 2.15. The van der Waals surface area contributed by atoms with E-state index in [1.54, 1.807) is 6.07 Å². The third kappa shape index (κ3) is 6.29. The van der Waals surface area contributed by atoms with Gasteiger partial charge in [-0.05, 0) is 0 Å². The second-order valence-electron chi connectivity index (χ2n) is 4.39. The molecule has 0 aliphatic heterocycles. The van der Waals surface area contributed by atoms with Crippen molar-refractivity contribution in [2.75, 3.05) is 0 Å². The van der Waals surface area contributed by atoms with Crippen LogP contribution in [0.2, 0.25) is 4.47 Å². The van der Waals surface area contributed by atoms with Gasteiger partial charge in [-0.1, -0.05) is 0 Å². The summed E-state index contributed by atoms with van der Waals surface area (Å²) in [6.07, 6.45) is 8.09. The molecular weight excluding hydrogens is 326 g/mol. The van der Waals surface area contributed by atoms with E-state index in [-0.39, 0.29) is 20.9 Å². The molecule has 1 heterocycles. The van der Waals surface area contributed by atoms with E-state index in [4.69, 9.17) is 0 Å². The van der Waals surface area contributed by atoms with Crippen molar-refractivity contribution in [3.05, 3.63) is 17.8 Å². The van der Waals surface area contributed by atoms with Gasteiger partial charge in [-0.25, -0.2) is 0 Å². The van der Waals surface area contributed by atoms with Crippen LogP contribution in [0.3, 0.4) is 0 Å². The minimum atomic E-state index is -0.281. The van der Waals surface area contributed by atoms with Crippen LogP contribution in [-0.2, 0) is 0 Å². The SMILES string of the molecule is CCCCCCCC[Te]c1nc(C)ccc1O. The van der Waals surface area contributed by atoms with Crippen molar-refractivity contribution in [3.63, 3.8) is 0 Å². The molecule has 0 atom stereocenters. The summed E-state index contributed by atoms with van der Waals surface area (Å²) in [5, 5.41) is 9.68. The Kier molecular flexibility index (Phi) is 7.64. The molecule has 3 heteroatoms. The van der Waals surface area contributed by atoms with Crippen molar-refractivity contribution in [2.24, 2.45) is 0 Å². The van der Waals surface area contributed by atoms with Crippen LogP contribution in [0.5, 0.6) is 5.75 Å². The third-order valence-electron chi connectivity index (χ3n) is 2.72. The summed E-state index contributed by atoms with van der Waals surface area (Å²) in [4.78, 5) is 4.43. The van der Waals surface area contributed by atoms with E-state index in [1.165, 1.54) is 43.0 Å². The molecule has 0 spiro atoms. The number of aryl methyl sites for hydroxylation is 1. The van der Waals surface area contributed by atoms with E-state index >= 15 is 0 Å². The topological polar surface area (TPSA) is 33.1 Å². The molecule has 2 nitrogen and oxygen atoms in total. The Bertz CT molecular complexity index is 328. The molecule has 0 aliphatic rings. The number of hydrogen-bond acceptors (Lipinski definition) is 2. The summed E-state index contributed by atoms with van der Waals surface area (Å²) in [5.74, 6) is 0.406. The third-order valence-corrected chi connectivity index (χ3v) is 5.76. The Hall–Kier alpha value is -0.260. The zero-order valence-corrected chi connectivity index (χ0v) is 13.2. The van der Waals surface area contributed by atoms with Crippen molar-refractivity contribution in [1.29, 1.82) is 0 Å². The van der Waals surface area contributed by atoms with E-state index in [9.17, 15) is 5.11 Å². The van der Waals surface area contributed by atoms with Gasteiger partial charge in [0, 0.05) is 0 Å². The minimum absolute atomic E-state index is 0.281. The van der Waals surface area contributed by atoms with Gasteiger partial charge in [0.05, 0.1) is 0 Å². The van der Waals surface area contributed by atoms with Crippen LogP contribution in [0.15, 0.2) is 12.1 Å². The molecule has 0 saturated heterocycles. The van der Waals surface area contributed by atoms with E-state index in [1.807, 2.05) is 13.0 Å². The molecular formula is C14H23NOTe. The maximum absolute atomic E-state index is 9.68. The molecule has 96 valence electrons. The van der Waals surface area contributed by atoms with Crippen LogP contribution in [0.4, 0.5) is 0 Å². The van der Waals surface area contributed by atoms with Gasteiger partial charge >= 0.3 is 115 Å². The number of aromatic hydroxyl groups is 1. The maximum atomic E-state index is 9.68. The van der Waals surface area contributed by atoms with Crippen LogP contribution in [0.1, 0.15) is 51.1 Å². The van der Waals surface area contributed by atoms with Gasteiger partial charge in [-0.15, -0.1) is 0 Å². The first-order valence-corrected chi connectivity index (χ1v) is 9.34. The number of nitrogens with zero attached hydrogens (tertiary/aromatic N) is 1. The van der Waals surface area contributed by atoms with E-state index in [2.05, 4.69) is 11.9 Å². The molecule has 1 rings (SSSR count). The zero-order chi connectivity index (χ0) is 12.5. The number of aromatic nitrogens is 1. The predicted molar refractivity (Wildman–Crippen MR) is 74.2 cm³/mol. The van der Waals surface area contributed by atoms with Gasteiger partial charge in [0.2, 0.25) is 0 Å². The first kappa shape index (κ1) is 14.8. The van der Waals surface area contributed by atoms with Gasteiger partial charge in [0.15, 0.2) is 0 Å². The molecule has 1 aromatic heterocycles. The molecule has 1 aromatic rings. The Labute approximate surface area is 115 Å². The molecule has 0 amide bonds. The second-order valence-corrected chi connectivity index (χ2v) is 7.49. The quantitative estimate of drug-likeness (QED) is 0.578. The van der Waals surface area contributed by atoms with Crippen molar-refractivity contribution in [2.45, 2.75) is 56.8 Å². The summed E-state index contributed by atoms with van der Waals surface area (Å²) >= 11 is -0.281. The van der Waals surface area contributed by atoms with Crippen LogP contribution in [0.25, 0.3) is 0 Å². The Morgan fingerprint density at radius 2 is 1.82 bits per heavy atom. The molecule has 0 aromatic carbocycles. The predicted octanol–water partition coefficient (Wildman–Crippen LogP) is 3.20. The summed E-state index contributed by atoms with van der Waals surface area (Å²) in [6.45, 7) is 4.24. The Morgan fingerprint density at radius 3 is 2.59 bits per heavy atom. The van der Waals surface area contributed by atoms with Gasteiger partial charge in [0.1, 0.15) is 0 Å². The van der Waals surface area contributed by atoms with E-state index in [0.29, 0.717) is 5.75 Å². The Morgan fingerprint density at radius 1 is 1.12 bits per heavy atom. The number of unbranched alkanes of at least 4 members (excludes halogenated alkanes) is 5. The fourth-order valence-electron chi connectivity index (χ4n) is 1.68. The monoisotopic (exact) mass is 351 g/mol. The van der Waals surface area contributed by atoms with Gasteiger partial charge in [-0.3, -0.25) is 0 Å². The zero-order valence-electron chi connectivity index (χ0n) is 10.9. The number of hydrogen-bond donors (Lipinski definition) is 1. The van der Waals surface area contributed by atoms with Gasteiger partial charge in [0.25, 0.3) is 0 Å². The standard InChI is InChI=1S/C14H23NOTe/c1-3-4-5-6-7-8-11-17-14-13(16)10-9-12(2)15-14/h9-10,16H,3-8,11H2,1-2H3. The summed E-state index contributed by atoms with van der Waals surface area (Å²) in [7, 11) is 0. The average molecular weight is 349 g/mol. The average Bonchev–Trinajstić information content (AvgIpc) is 2.32. The summed E-state index contributed by atoms with van der Waals surface area (Å²) in [5.41, 5.74) is 1.02. The first-order valence-electron chi connectivity index (χ1n) is 6.53.